The summed E-state index contributed by atoms with van der Waals surface area (Å²) in [6, 6.07) is 0. The van der Waals surface area contributed by atoms with Crippen LogP contribution in [0.2, 0.25) is 0 Å². The fourth-order valence-electron chi connectivity index (χ4n) is 1.12. The van der Waals surface area contributed by atoms with Gasteiger partial charge >= 0.3 is 0 Å². The van der Waals surface area contributed by atoms with Crippen molar-refractivity contribution in [3.05, 3.63) is 36.0 Å². The van der Waals surface area contributed by atoms with Crippen molar-refractivity contribution in [2.75, 3.05) is 0 Å². The van der Waals surface area contributed by atoms with Gasteiger partial charge in [-0.2, -0.15) is 0 Å². The zero-order valence-electron chi connectivity index (χ0n) is 7.96. The Balaban J connectivity index is 2.91. The molecule has 0 bridgehead atoms. The monoisotopic (exact) mass is 164 g/mol. The van der Waals surface area contributed by atoms with E-state index in [9.17, 15) is 5.11 Å². The van der Waals surface area contributed by atoms with Crippen molar-refractivity contribution in [2.45, 2.75) is 26.9 Å². The van der Waals surface area contributed by atoms with Crippen LogP contribution in [0.3, 0.4) is 0 Å². The van der Waals surface area contributed by atoms with Crippen molar-refractivity contribution >= 4 is 0 Å². The molecule has 12 heavy (non-hydrogen) atoms. The molecule has 1 heteroatoms. The largest absolute Gasteiger partial charge is 0.384 e. The zero-order valence-corrected chi connectivity index (χ0v) is 7.96. The predicted octanol–water partition coefficient (Wildman–Crippen LogP) is 2.45. The van der Waals surface area contributed by atoms with E-state index in [1.165, 1.54) is 5.57 Å². The Bertz CT molecular complexity index is 251. The minimum Gasteiger partial charge on any atom is -0.384 e. The van der Waals surface area contributed by atoms with Crippen LogP contribution in [0.5, 0.6) is 0 Å². The van der Waals surface area contributed by atoms with Crippen molar-refractivity contribution in [1.82, 2.24) is 0 Å². The molecule has 66 valence electrons. The van der Waals surface area contributed by atoms with Gasteiger partial charge < -0.3 is 5.11 Å². The highest BCUT2D eigenvalue weighted by atomic mass is 16.3. The molecule has 0 heterocycles. The molecule has 0 aromatic carbocycles. The highest BCUT2D eigenvalue weighted by Gasteiger charge is 2.18. The van der Waals surface area contributed by atoms with Crippen molar-refractivity contribution in [3.8, 4) is 0 Å². The highest BCUT2D eigenvalue weighted by molar-refractivity contribution is 5.41. The third kappa shape index (κ3) is 1.86. The van der Waals surface area contributed by atoms with Gasteiger partial charge in [0.25, 0.3) is 0 Å². The van der Waals surface area contributed by atoms with Gasteiger partial charge in [0.15, 0.2) is 0 Å². The van der Waals surface area contributed by atoms with Gasteiger partial charge in [-0.3, -0.25) is 0 Å². The smallest absolute Gasteiger partial charge is 0.0969 e. The number of hydrogen-bond donors (Lipinski definition) is 1. The van der Waals surface area contributed by atoms with Crippen LogP contribution in [0, 0.1) is 5.41 Å². The first-order valence-electron chi connectivity index (χ1n) is 4.18. The lowest BCUT2D eigenvalue weighted by atomic mass is 9.82. The molecule has 1 atom stereocenters. The summed E-state index contributed by atoms with van der Waals surface area (Å²) in [6.45, 7) is 10.2. The number of aliphatic hydroxyl groups is 1. The molecular formula is C11H16O. The fraction of sp³-hybridized carbons (Fsp3) is 0.455. The van der Waals surface area contributed by atoms with Gasteiger partial charge in [-0.15, -0.1) is 0 Å². The number of allylic oxidation sites excluding steroid dienone is 2. The van der Waals surface area contributed by atoms with Crippen molar-refractivity contribution in [1.29, 1.82) is 0 Å². The molecule has 1 unspecified atom stereocenters. The summed E-state index contributed by atoms with van der Waals surface area (Å²) < 4.78 is 0. The van der Waals surface area contributed by atoms with Gasteiger partial charge in [-0.05, 0) is 16.6 Å². The second-order valence-electron chi connectivity index (χ2n) is 4.23. The second kappa shape index (κ2) is 2.91. The van der Waals surface area contributed by atoms with Crippen LogP contribution in [0.1, 0.15) is 20.8 Å². The Morgan fingerprint density at radius 2 is 2.00 bits per heavy atom. The Morgan fingerprint density at radius 3 is 2.42 bits per heavy atom. The first-order valence-corrected chi connectivity index (χ1v) is 4.18. The van der Waals surface area contributed by atoms with Crippen molar-refractivity contribution < 1.29 is 5.11 Å². The summed E-state index contributed by atoms with van der Waals surface area (Å²) in [6.07, 6.45) is 5.23. The van der Waals surface area contributed by atoms with Crippen LogP contribution in [0.25, 0.3) is 0 Å². The number of aliphatic hydroxyl groups excluding tert-OH is 1. The maximum Gasteiger partial charge on any atom is 0.0969 e. The molecule has 1 N–H and O–H groups in total. The van der Waals surface area contributed by atoms with Gasteiger partial charge in [0, 0.05) is 0 Å². The molecule has 0 amide bonds. The molecule has 0 saturated carbocycles. The van der Waals surface area contributed by atoms with Crippen LogP contribution in [-0.2, 0) is 0 Å². The minimum atomic E-state index is -0.490. The number of hydrogen-bond acceptors (Lipinski definition) is 1. The summed E-state index contributed by atoms with van der Waals surface area (Å²) in [5, 5.41) is 9.33. The van der Waals surface area contributed by atoms with E-state index >= 15 is 0 Å². The molecule has 1 rings (SSSR count). The van der Waals surface area contributed by atoms with Crippen LogP contribution in [0.15, 0.2) is 36.0 Å². The molecule has 0 fully saturated rings. The second-order valence-corrected chi connectivity index (χ2v) is 4.23. The van der Waals surface area contributed by atoms with E-state index in [1.54, 1.807) is 6.08 Å². The van der Waals surface area contributed by atoms with E-state index in [-0.39, 0.29) is 5.41 Å². The first kappa shape index (κ1) is 9.27. The van der Waals surface area contributed by atoms with Crippen LogP contribution < -0.4 is 0 Å². The Morgan fingerprint density at radius 1 is 1.42 bits per heavy atom. The SMILES string of the molecule is C=C1C=C(C(C)(C)C)C=CC1O. The standard InChI is InChI=1S/C11H16O/c1-8-7-9(11(2,3)4)5-6-10(8)12/h5-7,10,12H,1H2,2-4H3. The van der Waals surface area contributed by atoms with Gasteiger partial charge in [0.1, 0.15) is 0 Å². The summed E-state index contributed by atoms with van der Waals surface area (Å²) in [5.74, 6) is 0. The quantitative estimate of drug-likeness (QED) is 0.583. The Hall–Kier alpha value is -0.820. The summed E-state index contributed by atoms with van der Waals surface area (Å²) in [4.78, 5) is 0. The molecule has 0 aromatic heterocycles. The lowest BCUT2D eigenvalue weighted by Gasteiger charge is -2.24. The highest BCUT2D eigenvalue weighted by Crippen LogP contribution is 2.30. The van der Waals surface area contributed by atoms with Gasteiger partial charge in [-0.1, -0.05) is 45.6 Å². The van der Waals surface area contributed by atoms with Gasteiger partial charge in [0.2, 0.25) is 0 Å². The third-order valence-electron chi connectivity index (χ3n) is 2.04. The fourth-order valence-corrected chi connectivity index (χ4v) is 1.12. The van der Waals surface area contributed by atoms with Gasteiger partial charge in [0.05, 0.1) is 6.10 Å². The zero-order chi connectivity index (χ0) is 9.35. The third-order valence-corrected chi connectivity index (χ3v) is 2.04. The molecule has 1 aliphatic rings. The predicted molar refractivity (Wildman–Crippen MR) is 51.8 cm³/mol. The van der Waals surface area contributed by atoms with Crippen LogP contribution >= 0.6 is 0 Å². The summed E-state index contributed by atoms with van der Waals surface area (Å²) in [5.41, 5.74) is 2.14. The summed E-state index contributed by atoms with van der Waals surface area (Å²) in [7, 11) is 0. The van der Waals surface area contributed by atoms with Crippen molar-refractivity contribution in [2.24, 2.45) is 5.41 Å². The average molecular weight is 164 g/mol. The molecule has 0 saturated heterocycles. The molecule has 0 radical (unpaired) electrons. The lowest BCUT2D eigenvalue weighted by molar-refractivity contribution is 0.261. The van der Waals surface area contributed by atoms with Crippen LogP contribution in [0.4, 0.5) is 0 Å². The molecule has 1 nitrogen and oxygen atoms in total. The topological polar surface area (TPSA) is 20.2 Å². The average Bonchev–Trinajstić information content (AvgIpc) is 1.92. The van der Waals surface area contributed by atoms with E-state index in [1.807, 2.05) is 12.2 Å². The molecule has 0 aliphatic heterocycles. The summed E-state index contributed by atoms with van der Waals surface area (Å²) >= 11 is 0. The first-order chi connectivity index (χ1) is 5.41. The maximum atomic E-state index is 9.33. The Kier molecular flexibility index (Phi) is 2.25. The van der Waals surface area contributed by atoms with Crippen LogP contribution in [-0.4, -0.2) is 11.2 Å². The van der Waals surface area contributed by atoms with E-state index in [0.717, 1.165) is 5.57 Å². The van der Waals surface area contributed by atoms with Gasteiger partial charge in [-0.25, -0.2) is 0 Å². The molecule has 0 aromatic rings. The lowest BCUT2D eigenvalue weighted by Crippen LogP contribution is -2.14. The normalized spacial score (nSPS) is 24.2. The van der Waals surface area contributed by atoms with Crippen molar-refractivity contribution in [3.63, 3.8) is 0 Å². The van der Waals surface area contributed by atoms with E-state index in [2.05, 4.69) is 27.4 Å². The molecular weight excluding hydrogens is 148 g/mol. The Labute approximate surface area is 74.1 Å². The molecule has 0 spiro atoms. The maximum absolute atomic E-state index is 9.33. The van der Waals surface area contributed by atoms with E-state index < -0.39 is 6.10 Å². The minimum absolute atomic E-state index is 0.138. The molecule has 1 aliphatic carbocycles. The van der Waals surface area contributed by atoms with E-state index in [4.69, 9.17) is 0 Å². The van der Waals surface area contributed by atoms with E-state index in [0.29, 0.717) is 0 Å². The number of rotatable bonds is 0.